The van der Waals surface area contributed by atoms with Crippen LogP contribution in [0.15, 0.2) is 0 Å². The fraction of sp³-hybridized carbons (Fsp3) is 1.00. The lowest BCUT2D eigenvalue weighted by Crippen LogP contribution is -2.60. The van der Waals surface area contributed by atoms with Crippen LogP contribution in [0.25, 0.3) is 0 Å². The maximum absolute atomic E-state index is 11.4. The van der Waals surface area contributed by atoms with Crippen molar-refractivity contribution in [3.8, 4) is 0 Å². The zero-order valence-electron chi connectivity index (χ0n) is 18.6. The van der Waals surface area contributed by atoms with E-state index in [1.807, 2.05) is 6.92 Å². The molecule has 30 heavy (non-hydrogen) atoms. The van der Waals surface area contributed by atoms with E-state index in [0.29, 0.717) is 12.5 Å². The van der Waals surface area contributed by atoms with Crippen molar-refractivity contribution in [3.63, 3.8) is 0 Å². The highest BCUT2D eigenvalue weighted by Gasteiger charge is 2.50. The number of nitrogens with two attached hydrogens (primary N) is 1. The third-order valence-corrected chi connectivity index (χ3v) is 7.71. The Bertz CT molecular complexity index is 550. The topological polar surface area (TPSA) is 135 Å². The molecular formula is C22H41NO7. The van der Waals surface area contributed by atoms with Gasteiger partial charge in [0.25, 0.3) is 0 Å². The van der Waals surface area contributed by atoms with Gasteiger partial charge in [-0.1, -0.05) is 27.7 Å². The maximum Gasteiger partial charge on any atom is 0.184 e. The Kier molecular flexibility index (Phi) is 8.18. The Morgan fingerprint density at radius 2 is 1.60 bits per heavy atom. The maximum atomic E-state index is 11.4. The monoisotopic (exact) mass is 431 g/mol. The van der Waals surface area contributed by atoms with Crippen LogP contribution in [0.1, 0.15) is 47.0 Å². The molecule has 2 saturated heterocycles. The summed E-state index contributed by atoms with van der Waals surface area (Å²) in [5.41, 5.74) is 5.85. The summed E-state index contributed by atoms with van der Waals surface area (Å²) in [5, 5.41) is 41.7. The molecule has 8 heteroatoms. The van der Waals surface area contributed by atoms with Gasteiger partial charge in [-0.2, -0.15) is 0 Å². The molecule has 2 aliphatic heterocycles. The molecule has 3 fully saturated rings. The van der Waals surface area contributed by atoms with Crippen LogP contribution in [-0.2, 0) is 14.2 Å². The SMILES string of the molecule is CC1CC(C)C(C2OC(CN)CCC2C)C(O)C1OC1OC(CO)C(O)C(C)C1O. The largest absolute Gasteiger partial charge is 0.394 e. The molecule has 0 radical (unpaired) electrons. The highest BCUT2D eigenvalue weighted by atomic mass is 16.7. The molecule has 0 aromatic carbocycles. The molecule has 1 saturated carbocycles. The molecule has 0 aromatic heterocycles. The lowest BCUT2D eigenvalue weighted by molar-refractivity contribution is -0.319. The standard InChI is InChI=1S/C22H41NO7/c1-10-5-6-14(8-23)28-20(10)16-11(2)7-12(3)21(19(16)27)30-22-18(26)13(4)17(25)15(9-24)29-22/h10-22,24-27H,5-9,23H2,1-4H3. The van der Waals surface area contributed by atoms with Crippen LogP contribution in [0.3, 0.4) is 0 Å². The average Bonchev–Trinajstić information content (AvgIpc) is 2.72. The van der Waals surface area contributed by atoms with Crippen LogP contribution in [0, 0.1) is 29.6 Å². The van der Waals surface area contributed by atoms with E-state index in [9.17, 15) is 20.4 Å². The van der Waals surface area contributed by atoms with Gasteiger partial charge in [0, 0.05) is 18.4 Å². The Balaban J connectivity index is 1.76. The van der Waals surface area contributed by atoms with Gasteiger partial charge in [-0.3, -0.25) is 0 Å². The normalized spacial score (nSPS) is 52.9. The molecule has 1 aliphatic carbocycles. The smallest absolute Gasteiger partial charge is 0.184 e. The molecule has 3 rings (SSSR count). The van der Waals surface area contributed by atoms with E-state index in [0.717, 1.165) is 19.3 Å². The fourth-order valence-electron chi connectivity index (χ4n) is 5.72. The van der Waals surface area contributed by atoms with Crippen molar-refractivity contribution in [1.82, 2.24) is 0 Å². The number of hydrogen-bond donors (Lipinski definition) is 5. The van der Waals surface area contributed by atoms with Crippen molar-refractivity contribution in [3.05, 3.63) is 0 Å². The second-order valence-electron chi connectivity index (χ2n) is 9.94. The van der Waals surface area contributed by atoms with Crippen LogP contribution in [0.2, 0.25) is 0 Å². The number of aliphatic hydroxyl groups is 4. The minimum Gasteiger partial charge on any atom is -0.394 e. The van der Waals surface area contributed by atoms with Crippen LogP contribution < -0.4 is 5.73 Å². The van der Waals surface area contributed by atoms with Gasteiger partial charge in [-0.25, -0.2) is 0 Å². The summed E-state index contributed by atoms with van der Waals surface area (Å²) >= 11 is 0. The molecule has 0 spiro atoms. The van der Waals surface area contributed by atoms with E-state index in [1.165, 1.54) is 0 Å². The van der Waals surface area contributed by atoms with Gasteiger partial charge in [0.1, 0.15) is 12.2 Å². The molecular weight excluding hydrogens is 390 g/mol. The fourth-order valence-corrected chi connectivity index (χ4v) is 5.72. The molecule has 176 valence electrons. The second kappa shape index (κ2) is 10.1. The number of aliphatic hydroxyl groups excluding tert-OH is 4. The van der Waals surface area contributed by atoms with E-state index in [4.69, 9.17) is 19.9 Å². The lowest BCUT2D eigenvalue weighted by atomic mass is 9.66. The summed E-state index contributed by atoms with van der Waals surface area (Å²) in [6.07, 6.45) is -2.46. The average molecular weight is 432 g/mol. The number of rotatable bonds is 5. The zero-order chi connectivity index (χ0) is 22.2. The first-order chi connectivity index (χ1) is 14.2. The van der Waals surface area contributed by atoms with Crippen LogP contribution >= 0.6 is 0 Å². The third kappa shape index (κ3) is 4.71. The molecule has 13 atom stereocenters. The molecule has 2 heterocycles. The summed E-state index contributed by atoms with van der Waals surface area (Å²) in [6.45, 7) is 8.15. The van der Waals surface area contributed by atoms with Gasteiger partial charge in [-0.15, -0.1) is 0 Å². The van der Waals surface area contributed by atoms with Gasteiger partial charge >= 0.3 is 0 Å². The van der Waals surface area contributed by atoms with E-state index >= 15 is 0 Å². The highest BCUT2D eigenvalue weighted by Crippen LogP contribution is 2.43. The summed E-state index contributed by atoms with van der Waals surface area (Å²) < 4.78 is 18.1. The number of ether oxygens (including phenoxy) is 3. The molecule has 8 nitrogen and oxygen atoms in total. The van der Waals surface area contributed by atoms with Crippen LogP contribution in [0.4, 0.5) is 0 Å². The first-order valence-electron chi connectivity index (χ1n) is 11.5. The predicted molar refractivity (Wildman–Crippen MR) is 110 cm³/mol. The predicted octanol–water partition coefficient (Wildman–Crippen LogP) is 0.242. The molecule has 0 aromatic rings. The van der Waals surface area contributed by atoms with Gasteiger partial charge in [0.2, 0.25) is 0 Å². The molecule has 6 N–H and O–H groups in total. The molecule has 0 amide bonds. The Labute approximate surface area is 179 Å². The van der Waals surface area contributed by atoms with E-state index in [1.54, 1.807) is 6.92 Å². The first-order valence-corrected chi connectivity index (χ1v) is 11.5. The molecule has 3 aliphatic rings. The summed E-state index contributed by atoms with van der Waals surface area (Å²) in [5.74, 6) is 0.00367. The van der Waals surface area contributed by atoms with E-state index in [2.05, 4.69) is 13.8 Å². The van der Waals surface area contributed by atoms with Gasteiger partial charge < -0.3 is 40.4 Å². The Morgan fingerprint density at radius 1 is 0.900 bits per heavy atom. The first kappa shape index (κ1) is 24.3. The molecule has 13 unspecified atom stereocenters. The highest BCUT2D eigenvalue weighted by molar-refractivity contribution is 4.98. The second-order valence-corrected chi connectivity index (χ2v) is 9.94. The Hall–Kier alpha value is -0.320. The summed E-state index contributed by atoms with van der Waals surface area (Å²) in [6, 6.07) is 0. The minimum atomic E-state index is -1.05. The van der Waals surface area contributed by atoms with E-state index in [-0.39, 0.29) is 36.6 Å². The van der Waals surface area contributed by atoms with Gasteiger partial charge in [0.15, 0.2) is 6.29 Å². The van der Waals surface area contributed by atoms with Crippen molar-refractivity contribution in [1.29, 1.82) is 0 Å². The van der Waals surface area contributed by atoms with Gasteiger partial charge in [-0.05, 0) is 37.0 Å². The Morgan fingerprint density at radius 3 is 2.23 bits per heavy atom. The van der Waals surface area contributed by atoms with Crippen molar-refractivity contribution < 1.29 is 34.6 Å². The van der Waals surface area contributed by atoms with Crippen molar-refractivity contribution in [2.24, 2.45) is 35.3 Å². The third-order valence-electron chi connectivity index (χ3n) is 7.71. The van der Waals surface area contributed by atoms with Gasteiger partial charge in [0.05, 0.1) is 37.1 Å². The van der Waals surface area contributed by atoms with E-state index < -0.39 is 42.7 Å². The van der Waals surface area contributed by atoms with Crippen molar-refractivity contribution in [2.75, 3.05) is 13.2 Å². The van der Waals surface area contributed by atoms with Crippen LogP contribution in [-0.4, -0.2) is 82.6 Å². The van der Waals surface area contributed by atoms with Crippen LogP contribution in [0.5, 0.6) is 0 Å². The van der Waals surface area contributed by atoms with Crippen molar-refractivity contribution in [2.45, 2.75) is 96.0 Å². The summed E-state index contributed by atoms with van der Waals surface area (Å²) in [4.78, 5) is 0. The quantitative estimate of drug-likeness (QED) is 0.418. The summed E-state index contributed by atoms with van der Waals surface area (Å²) in [7, 11) is 0. The lowest BCUT2D eigenvalue weighted by Gasteiger charge is -2.50. The zero-order valence-corrected chi connectivity index (χ0v) is 18.6. The number of hydrogen-bond acceptors (Lipinski definition) is 8. The molecule has 0 bridgehead atoms. The minimum absolute atomic E-state index is 0.0143. The van der Waals surface area contributed by atoms with Crippen molar-refractivity contribution >= 4 is 0 Å².